The van der Waals surface area contributed by atoms with E-state index >= 15 is 0 Å². The van der Waals surface area contributed by atoms with Crippen LogP contribution in [0.4, 0.5) is 10.5 Å². The molecule has 1 aromatic heterocycles. The third kappa shape index (κ3) is 4.78. The highest BCUT2D eigenvalue weighted by Gasteiger charge is 2.12. The zero-order valence-electron chi connectivity index (χ0n) is 17.4. The fraction of sp³-hybridized carbons (Fsp3) is 0.160. The average molecular weight is 431 g/mol. The summed E-state index contributed by atoms with van der Waals surface area (Å²) in [6.45, 7) is 1.87. The Morgan fingerprint density at radius 3 is 2.56 bits per heavy atom. The second-order valence-electron chi connectivity index (χ2n) is 7.12. The van der Waals surface area contributed by atoms with Gasteiger partial charge in [0.2, 0.25) is 0 Å². The molecule has 162 valence electrons. The van der Waals surface area contributed by atoms with Crippen LogP contribution in [0.15, 0.2) is 75.9 Å². The SMILES string of the molecule is CCOC(=O)Nc1ccc2c(COC(=O)Cc3cccc4ccccc34)cc(=O)oc2c1. The lowest BCUT2D eigenvalue weighted by molar-refractivity contribution is -0.144. The first-order valence-corrected chi connectivity index (χ1v) is 10.2. The smallest absolute Gasteiger partial charge is 0.411 e. The molecule has 0 unspecified atom stereocenters. The van der Waals surface area contributed by atoms with E-state index in [4.69, 9.17) is 13.9 Å². The van der Waals surface area contributed by atoms with E-state index in [1.807, 2.05) is 42.5 Å². The van der Waals surface area contributed by atoms with Crippen molar-refractivity contribution in [1.29, 1.82) is 0 Å². The quantitative estimate of drug-likeness (QED) is 0.348. The highest BCUT2D eigenvalue weighted by molar-refractivity contribution is 5.90. The van der Waals surface area contributed by atoms with Crippen LogP contribution in [0, 0.1) is 0 Å². The number of carbonyl (C=O) groups excluding carboxylic acids is 2. The third-order valence-corrected chi connectivity index (χ3v) is 4.96. The summed E-state index contributed by atoms with van der Waals surface area (Å²) in [5, 5.41) is 5.22. The molecular formula is C25H21NO6. The number of anilines is 1. The maximum Gasteiger partial charge on any atom is 0.411 e. The fourth-order valence-corrected chi connectivity index (χ4v) is 3.52. The molecule has 4 rings (SSSR count). The zero-order valence-corrected chi connectivity index (χ0v) is 17.4. The summed E-state index contributed by atoms with van der Waals surface area (Å²) in [6, 6.07) is 19.8. The largest absolute Gasteiger partial charge is 0.461 e. The maximum atomic E-state index is 12.5. The number of benzene rings is 3. The van der Waals surface area contributed by atoms with Gasteiger partial charge >= 0.3 is 17.7 Å². The molecule has 0 saturated heterocycles. The van der Waals surface area contributed by atoms with Crippen LogP contribution in [-0.4, -0.2) is 18.7 Å². The molecule has 0 saturated carbocycles. The van der Waals surface area contributed by atoms with Crippen molar-refractivity contribution in [1.82, 2.24) is 0 Å². The van der Waals surface area contributed by atoms with Crippen LogP contribution < -0.4 is 10.9 Å². The molecule has 0 radical (unpaired) electrons. The van der Waals surface area contributed by atoms with Gasteiger partial charge in [-0.1, -0.05) is 42.5 Å². The van der Waals surface area contributed by atoms with Crippen molar-refractivity contribution in [2.75, 3.05) is 11.9 Å². The minimum Gasteiger partial charge on any atom is -0.461 e. The molecule has 7 heteroatoms. The van der Waals surface area contributed by atoms with Crippen LogP contribution in [0.5, 0.6) is 0 Å². The lowest BCUT2D eigenvalue weighted by Crippen LogP contribution is -2.13. The fourth-order valence-electron chi connectivity index (χ4n) is 3.52. The Balaban J connectivity index is 1.50. The maximum absolute atomic E-state index is 12.5. The molecule has 7 nitrogen and oxygen atoms in total. The first-order chi connectivity index (χ1) is 15.5. The molecule has 0 aliphatic heterocycles. The van der Waals surface area contributed by atoms with E-state index in [0.29, 0.717) is 16.6 Å². The lowest BCUT2D eigenvalue weighted by atomic mass is 10.0. The number of hydrogen-bond donors (Lipinski definition) is 1. The standard InChI is InChI=1S/C25H21NO6/c1-2-30-25(29)26-19-10-11-21-18(13-24(28)32-22(21)14-19)15-31-23(27)12-17-8-5-7-16-6-3-4-9-20(16)17/h3-11,13-14H,2,12,15H2,1H3,(H,26,29). The van der Waals surface area contributed by atoms with Crippen LogP contribution in [0.25, 0.3) is 21.7 Å². The van der Waals surface area contributed by atoms with Crippen LogP contribution in [0.1, 0.15) is 18.1 Å². The minimum absolute atomic E-state index is 0.0731. The average Bonchev–Trinajstić information content (AvgIpc) is 2.77. The summed E-state index contributed by atoms with van der Waals surface area (Å²) in [5.41, 5.74) is 1.51. The molecule has 32 heavy (non-hydrogen) atoms. The Hall–Kier alpha value is -4.13. The van der Waals surface area contributed by atoms with Crippen molar-refractivity contribution in [2.45, 2.75) is 20.0 Å². The molecule has 0 spiro atoms. The van der Waals surface area contributed by atoms with E-state index in [2.05, 4.69) is 5.32 Å². The number of rotatable bonds is 6. The number of hydrogen-bond acceptors (Lipinski definition) is 6. The van der Waals surface area contributed by atoms with Gasteiger partial charge in [-0.25, -0.2) is 9.59 Å². The van der Waals surface area contributed by atoms with Gasteiger partial charge in [-0.05, 0) is 35.4 Å². The van der Waals surface area contributed by atoms with E-state index in [0.717, 1.165) is 16.3 Å². The summed E-state index contributed by atoms with van der Waals surface area (Å²) in [4.78, 5) is 36.1. The van der Waals surface area contributed by atoms with Crippen molar-refractivity contribution in [3.8, 4) is 0 Å². The van der Waals surface area contributed by atoms with E-state index in [9.17, 15) is 14.4 Å². The number of amides is 1. The van der Waals surface area contributed by atoms with Crippen molar-refractivity contribution >= 4 is 39.5 Å². The van der Waals surface area contributed by atoms with Crippen molar-refractivity contribution in [2.24, 2.45) is 0 Å². The van der Waals surface area contributed by atoms with Gasteiger partial charge in [0, 0.05) is 28.8 Å². The second-order valence-corrected chi connectivity index (χ2v) is 7.12. The topological polar surface area (TPSA) is 94.8 Å². The Morgan fingerprint density at radius 2 is 1.72 bits per heavy atom. The highest BCUT2D eigenvalue weighted by atomic mass is 16.5. The van der Waals surface area contributed by atoms with Gasteiger partial charge in [-0.2, -0.15) is 0 Å². The second kappa shape index (κ2) is 9.34. The van der Waals surface area contributed by atoms with Gasteiger partial charge < -0.3 is 13.9 Å². The zero-order chi connectivity index (χ0) is 22.5. The molecule has 0 fully saturated rings. The van der Waals surface area contributed by atoms with E-state index in [-0.39, 0.29) is 25.2 Å². The van der Waals surface area contributed by atoms with E-state index in [1.165, 1.54) is 12.1 Å². The Morgan fingerprint density at radius 1 is 0.906 bits per heavy atom. The summed E-state index contributed by atoms with van der Waals surface area (Å²) in [7, 11) is 0. The number of carbonyl (C=O) groups is 2. The number of fused-ring (bicyclic) bond motifs is 2. The van der Waals surface area contributed by atoms with Gasteiger partial charge in [-0.3, -0.25) is 10.1 Å². The predicted molar refractivity (Wildman–Crippen MR) is 121 cm³/mol. The van der Waals surface area contributed by atoms with Crippen molar-refractivity contribution < 1.29 is 23.5 Å². The molecule has 1 amide bonds. The minimum atomic E-state index is -0.604. The normalized spacial score (nSPS) is 10.8. The van der Waals surface area contributed by atoms with E-state index in [1.54, 1.807) is 19.1 Å². The number of ether oxygens (including phenoxy) is 2. The summed E-state index contributed by atoms with van der Waals surface area (Å²) in [6.07, 6.45) is -0.485. The first-order valence-electron chi connectivity index (χ1n) is 10.2. The van der Waals surface area contributed by atoms with Gasteiger partial charge in [0.05, 0.1) is 13.0 Å². The Kier molecular flexibility index (Phi) is 6.17. The van der Waals surface area contributed by atoms with Gasteiger partial charge in [0.1, 0.15) is 12.2 Å². The molecule has 0 atom stereocenters. The van der Waals surface area contributed by atoms with Gasteiger partial charge in [0.15, 0.2) is 0 Å². The first kappa shape index (κ1) is 21.1. The number of esters is 1. The molecule has 1 N–H and O–H groups in total. The van der Waals surface area contributed by atoms with Crippen molar-refractivity contribution in [3.05, 3.63) is 88.3 Å². The van der Waals surface area contributed by atoms with Gasteiger partial charge in [-0.15, -0.1) is 0 Å². The van der Waals surface area contributed by atoms with Crippen LogP contribution in [0.3, 0.4) is 0 Å². The predicted octanol–water partition coefficient (Wildman–Crippen LogP) is 4.80. The third-order valence-electron chi connectivity index (χ3n) is 4.96. The van der Waals surface area contributed by atoms with Gasteiger partial charge in [0.25, 0.3) is 0 Å². The molecule has 1 heterocycles. The van der Waals surface area contributed by atoms with Crippen LogP contribution in [-0.2, 0) is 27.3 Å². The molecule has 3 aromatic carbocycles. The summed E-state index contributed by atoms with van der Waals surface area (Å²) < 4.78 is 15.6. The Labute approximate surface area is 183 Å². The lowest BCUT2D eigenvalue weighted by Gasteiger charge is -2.10. The molecule has 0 aliphatic rings. The van der Waals surface area contributed by atoms with Crippen LogP contribution in [0.2, 0.25) is 0 Å². The molecule has 0 aliphatic carbocycles. The Bertz CT molecular complexity index is 1350. The van der Waals surface area contributed by atoms with Crippen molar-refractivity contribution in [3.63, 3.8) is 0 Å². The molecule has 0 bridgehead atoms. The highest BCUT2D eigenvalue weighted by Crippen LogP contribution is 2.23. The molecular weight excluding hydrogens is 410 g/mol. The number of nitrogens with one attached hydrogen (secondary N) is 1. The van der Waals surface area contributed by atoms with E-state index < -0.39 is 17.7 Å². The monoisotopic (exact) mass is 431 g/mol. The summed E-state index contributed by atoms with van der Waals surface area (Å²) in [5.74, 6) is -0.400. The molecule has 4 aromatic rings. The van der Waals surface area contributed by atoms with Crippen LogP contribution >= 0.6 is 0 Å². The summed E-state index contributed by atoms with van der Waals surface area (Å²) >= 11 is 0.